The molecule has 0 saturated heterocycles. The molecule has 3 aromatic rings. The van der Waals surface area contributed by atoms with Crippen LogP contribution in [0.1, 0.15) is 51.8 Å². The number of ketones is 1. The van der Waals surface area contributed by atoms with Crippen LogP contribution >= 0.6 is 11.6 Å². The molecule has 0 atom stereocenters. The predicted molar refractivity (Wildman–Crippen MR) is 132 cm³/mol. The van der Waals surface area contributed by atoms with Gasteiger partial charge in [-0.3, -0.25) is 24.1 Å². The first-order valence-electron chi connectivity index (χ1n) is 11.2. The third kappa shape index (κ3) is 5.43. The van der Waals surface area contributed by atoms with E-state index in [1.54, 1.807) is 57.4 Å². The highest BCUT2D eigenvalue weighted by atomic mass is 35.5. The van der Waals surface area contributed by atoms with E-state index in [-0.39, 0.29) is 34.6 Å². The third-order valence-corrected chi connectivity index (χ3v) is 6.09. The normalized spacial score (nSPS) is 13.3. The standard InChI is InChI=1S/C26H26ClFN4O3/c1-15-12-29-20(23(33)7-8-31(3)4)11-22(15)32-16(2)9-24(25(27)26(32)34)35-14-21-19(28)10-18(13-30-21)17-5-6-17/h7-13,17H,5-6,14H2,1-4H3/b8-7+. The van der Waals surface area contributed by atoms with E-state index in [0.717, 1.165) is 18.4 Å². The van der Waals surface area contributed by atoms with Gasteiger partial charge in [-0.2, -0.15) is 0 Å². The Balaban J connectivity index is 1.62. The van der Waals surface area contributed by atoms with Crippen LogP contribution in [0.15, 0.2) is 47.7 Å². The smallest absolute Gasteiger partial charge is 0.277 e. The summed E-state index contributed by atoms with van der Waals surface area (Å²) in [7, 11) is 3.61. The van der Waals surface area contributed by atoms with Crippen LogP contribution < -0.4 is 10.3 Å². The summed E-state index contributed by atoms with van der Waals surface area (Å²) in [6.07, 6.45) is 8.36. The fourth-order valence-corrected chi connectivity index (χ4v) is 3.84. The molecule has 0 unspecified atom stereocenters. The van der Waals surface area contributed by atoms with Crippen molar-refractivity contribution >= 4 is 17.4 Å². The number of pyridine rings is 3. The highest BCUT2D eigenvalue weighted by Crippen LogP contribution is 2.40. The fraction of sp³-hybridized carbons (Fsp3) is 0.308. The van der Waals surface area contributed by atoms with Gasteiger partial charge in [0, 0.05) is 50.5 Å². The highest BCUT2D eigenvalue weighted by molar-refractivity contribution is 6.31. The van der Waals surface area contributed by atoms with E-state index in [1.165, 1.54) is 22.9 Å². The second kappa shape index (κ2) is 10.00. The van der Waals surface area contributed by atoms with Crippen molar-refractivity contribution in [1.29, 1.82) is 0 Å². The lowest BCUT2D eigenvalue weighted by Crippen LogP contribution is -2.23. The maximum absolute atomic E-state index is 14.4. The van der Waals surface area contributed by atoms with Gasteiger partial charge in [-0.15, -0.1) is 0 Å². The number of nitrogens with zero attached hydrogens (tertiary/aromatic N) is 4. The van der Waals surface area contributed by atoms with Crippen LogP contribution in [0, 0.1) is 19.7 Å². The van der Waals surface area contributed by atoms with E-state index in [4.69, 9.17) is 16.3 Å². The Morgan fingerprint density at radius 1 is 1.23 bits per heavy atom. The minimum absolute atomic E-state index is 0.134. The van der Waals surface area contributed by atoms with E-state index in [9.17, 15) is 14.0 Å². The molecule has 3 aromatic heterocycles. The molecule has 0 spiro atoms. The van der Waals surface area contributed by atoms with E-state index in [1.807, 2.05) is 0 Å². The quantitative estimate of drug-likeness (QED) is 0.331. The number of ether oxygens (including phenoxy) is 1. The first-order chi connectivity index (χ1) is 16.7. The fourth-order valence-electron chi connectivity index (χ4n) is 3.65. The zero-order valence-corrected chi connectivity index (χ0v) is 20.8. The first-order valence-corrected chi connectivity index (χ1v) is 11.6. The Morgan fingerprint density at radius 2 is 1.97 bits per heavy atom. The van der Waals surface area contributed by atoms with E-state index in [2.05, 4.69) is 9.97 Å². The summed E-state index contributed by atoms with van der Waals surface area (Å²) in [6.45, 7) is 3.35. The molecule has 7 nitrogen and oxygen atoms in total. The predicted octanol–water partition coefficient (Wildman–Crippen LogP) is 4.75. The molecular formula is C26H26ClFN4O3. The first kappa shape index (κ1) is 24.6. The molecule has 4 rings (SSSR count). The average Bonchev–Trinajstić information content (AvgIpc) is 3.66. The lowest BCUT2D eigenvalue weighted by atomic mass is 10.1. The lowest BCUT2D eigenvalue weighted by Gasteiger charge is -2.16. The van der Waals surface area contributed by atoms with Crippen LogP contribution in [0.25, 0.3) is 5.69 Å². The number of carbonyl (C=O) groups is 1. The molecule has 1 fully saturated rings. The highest BCUT2D eigenvalue weighted by Gasteiger charge is 2.25. The minimum atomic E-state index is -0.518. The van der Waals surface area contributed by atoms with Crippen LogP contribution in [0.4, 0.5) is 4.39 Å². The van der Waals surface area contributed by atoms with E-state index < -0.39 is 11.4 Å². The van der Waals surface area contributed by atoms with Gasteiger partial charge in [0.25, 0.3) is 5.56 Å². The number of allylic oxidation sites excluding steroid dienone is 1. The van der Waals surface area contributed by atoms with Crippen molar-refractivity contribution < 1.29 is 13.9 Å². The molecule has 1 aliphatic carbocycles. The lowest BCUT2D eigenvalue weighted by molar-refractivity contribution is 0.104. The maximum Gasteiger partial charge on any atom is 0.277 e. The summed E-state index contributed by atoms with van der Waals surface area (Å²) in [4.78, 5) is 35.8. The van der Waals surface area contributed by atoms with Crippen molar-refractivity contribution in [2.45, 2.75) is 39.2 Å². The van der Waals surface area contributed by atoms with Crippen LogP contribution in [0.2, 0.25) is 5.02 Å². The summed E-state index contributed by atoms with van der Waals surface area (Å²) in [5, 5.41) is -0.151. The number of carbonyl (C=O) groups excluding carboxylic acids is 1. The van der Waals surface area contributed by atoms with Gasteiger partial charge in [0.1, 0.15) is 34.6 Å². The second-order valence-electron chi connectivity index (χ2n) is 8.86. The van der Waals surface area contributed by atoms with Crippen molar-refractivity contribution in [3.63, 3.8) is 0 Å². The summed E-state index contributed by atoms with van der Waals surface area (Å²) >= 11 is 6.37. The van der Waals surface area contributed by atoms with Gasteiger partial charge in [0.05, 0.1) is 5.69 Å². The zero-order valence-electron chi connectivity index (χ0n) is 20.0. The minimum Gasteiger partial charge on any atom is -0.485 e. The molecule has 1 aliphatic rings. The molecule has 35 heavy (non-hydrogen) atoms. The van der Waals surface area contributed by atoms with Crippen LogP contribution in [-0.4, -0.2) is 39.3 Å². The van der Waals surface area contributed by atoms with Gasteiger partial charge in [-0.25, -0.2) is 4.39 Å². The van der Waals surface area contributed by atoms with Gasteiger partial charge >= 0.3 is 0 Å². The van der Waals surface area contributed by atoms with Crippen molar-refractivity contribution in [2.75, 3.05) is 14.1 Å². The Bertz CT molecular complexity index is 1380. The van der Waals surface area contributed by atoms with Crippen molar-refractivity contribution in [2.24, 2.45) is 0 Å². The van der Waals surface area contributed by atoms with Crippen LogP contribution in [-0.2, 0) is 6.61 Å². The second-order valence-corrected chi connectivity index (χ2v) is 9.24. The molecule has 1 saturated carbocycles. The van der Waals surface area contributed by atoms with E-state index in [0.29, 0.717) is 22.9 Å². The zero-order chi connectivity index (χ0) is 25.3. The number of hydrogen-bond donors (Lipinski definition) is 0. The summed E-state index contributed by atoms with van der Waals surface area (Å²) in [5.41, 5.74) is 2.43. The van der Waals surface area contributed by atoms with Gasteiger partial charge in [-0.05, 0) is 55.9 Å². The van der Waals surface area contributed by atoms with E-state index >= 15 is 0 Å². The number of rotatable bonds is 8. The molecular weight excluding hydrogens is 471 g/mol. The molecule has 0 aliphatic heterocycles. The summed E-state index contributed by atoms with van der Waals surface area (Å²) in [6, 6.07) is 4.66. The molecule has 3 heterocycles. The van der Waals surface area contributed by atoms with Crippen molar-refractivity contribution in [3.8, 4) is 11.4 Å². The van der Waals surface area contributed by atoms with Crippen LogP contribution in [0.5, 0.6) is 5.75 Å². The van der Waals surface area contributed by atoms with Crippen molar-refractivity contribution in [1.82, 2.24) is 19.4 Å². The summed E-state index contributed by atoms with van der Waals surface area (Å²) in [5.74, 6) is -0.203. The third-order valence-electron chi connectivity index (χ3n) is 5.74. The van der Waals surface area contributed by atoms with Crippen LogP contribution in [0.3, 0.4) is 0 Å². The monoisotopic (exact) mass is 496 g/mol. The molecule has 0 bridgehead atoms. The Hall–Kier alpha value is -3.52. The Labute approximate surface area is 207 Å². The van der Waals surface area contributed by atoms with Gasteiger partial charge in [0.2, 0.25) is 5.78 Å². The Morgan fingerprint density at radius 3 is 2.63 bits per heavy atom. The average molecular weight is 497 g/mol. The largest absolute Gasteiger partial charge is 0.485 e. The SMILES string of the molecule is Cc1cnc(C(=O)/C=C/N(C)C)cc1-n1c(C)cc(OCc2ncc(C3CC3)cc2F)c(Cl)c1=O. The molecule has 0 N–H and O–H groups in total. The number of hydrogen-bond acceptors (Lipinski definition) is 6. The molecule has 0 radical (unpaired) electrons. The van der Waals surface area contributed by atoms with Gasteiger partial charge in [-0.1, -0.05) is 11.6 Å². The van der Waals surface area contributed by atoms with Crippen molar-refractivity contribution in [3.05, 3.63) is 92.3 Å². The maximum atomic E-state index is 14.4. The molecule has 0 aromatic carbocycles. The summed E-state index contributed by atoms with van der Waals surface area (Å²) < 4.78 is 21.5. The Kier molecular flexibility index (Phi) is 7.03. The topological polar surface area (TPSA) is 77.3 Å². The van der Waals surface area contributed by atoms with Gasteiger partial charge in [0.15, 0.2) is 0 Å². The number of aromatic nitrogens is 3. The number of halogens is 2. The number of aryl methyl sites for hydroxylation is 2. The molecule has 9 heteroatoms. The van der Waals surface area contributed by atoms with Gasteiger partial charge < -0.3 is 9.64 Å². The molecule has 0 amide bonds. The molecule has 182 valence electrons.